The SMILES string of the molecule is CC(=O)[C@@]1(C)CSC(c2ncc(OCCOCCO[C@H]3OC(CO)[C@H](O)C(O)[C@H]3O)cc2O)=N1. The number of aliphatic imine (C=N–C) groups is 1. The van der Waals surface area contributed by atoms with Crippen LogP contribution < -0.4 is 4.74 Å². The summed E-state index contributed by atoms with van der Waals surface area (Å²) in [5, 5.41) is 49.3. The number of thioether (sulfide) groups is 1. The second-order valence-electron chi connectivity index (χ2n) is 8.10. The molecule has 34 heavy (non-hydrogen) atoms. The molecule has 6 atom stereocenters. The minimum Gasteiger partial charge on any atom is -0.505 e. The number of aromatic nitrogens is 1. The number of Topliss-reactive ketones (excluding diaryl/α,β-unsaturated/α-hetero) is 1. The molecule has 1 fully saturated rings. The second-order valence-corrected chi connectivity index (χ2v) is 9.07. The van der Waals surface area contributed by atoms with Crippen molar-refractivity contribution in [3.63, 3.8) is 0 Å². The van der Waals surface area contributed by atoms with E-state index in [1.165, 1.54) is 30.9 Å². The monoisotopic (exact) mass is 502 g/mol. The highest BCUT2D eigenvalue weighted by atomic mass is 32.2. The van der Waals surface area contributed by atoms with Crippen LogP contribution in [0, 0.1) is 0 Å². The van der Waals surface area contributed by atoms with Crippen molar-refractivity contribution in [1.29, 1.82) is 0 Å². The molecule has 2 aliphatic heterocycles. The molecule has 1 aromatic rings. The van der Waals surface area contributed by atoms with Crippen LogP contribution in [0.4, 0.5) is 0 Å². The van der Waals surface area contributed by atoms with Crippen LogP contribution in [0.2, 0.25) is 0 Å². The maximum absolute atomic E-state index is 11.8. The lowest BCUT2D eigenvalue weighted by molar-refractivity contribution is -0.302. The van der Waals surface area contributed by atoms with E-state index in [2.05, 4.69) is 9.98 Å². The van der Waals surface area contributed by atoms with E-state index in [-0.39, 0.29) is 38.0 Å². The van der Waals surface area contributed by atoms with Crippen molar-refractivity contribution < 1.29 is 49.3 Å². The fourth-order valence-corrected chi connectivity index (χ4v) is 4.47. The lowest BCUT2D eigenvalue weighted by Crippen LogP contribution is -2.59. The summed E-state index contributed by atoms with van der Waals surface area (Å²) in [6, 6.07) is 1.41. The predicted molar refractivity (Wildman–Crippen MR) is 120 cm³/mol. The average Bonchev–Trinajstić information content (AvgIpc) is 3.21. The first-order valence-corrected chi connectivity index (χ1v) is 11.7. The normalized spacial score (nSPS) is 31.4. The number of pyridine rings is 1. The maximum Gasteiger partial charge on any atom is 0.186 e. The van der Waals surface area contributed by atoms with E-state index in [4.69, 9.17) is 24.1 Å². The number of rotatable bonds is 11. The van der Waals surface area contributed by atoms with Gasteiger partial charge in [0.15, 0.2) is 12.1 Å². The number of ether oxygens (including phenoxy) is 4. The first-order valence-electron chi connectivity index (χ1n) is 10.7. The van der Waals surface area contributed by atoms with Crippen LogP contribution in [0.5, 0.6) is 11.5 Å². The molecule has 12 nitrogen and oxygen atoms in total. The molecule has 13 heteroatoms. The highest BCUT2D eigenvalue weighted by molar-refractivity contribution is 8.14. The van der Waals surface area contributed by atoms with Crippen LogP contribution in [0.3, 0.4) is 0 Å². The number of ketones is 1. The molecule has 0 saturated carbocycles. The van der Waals surface area contributed by atoms with E-state index in [9.17, 15) is 25.2 Å². The fourth-order valence-electron chi connectivity index (χ4n) is 3.23. The zero-order valence-corrected chi connectivity index (χ0v) is 19.7. The van der Waals surface area contributed by atoms with Gasteiger partial charge in [0.05, 0.1) is 32.6 Å². The first-order chi connectivity index (χ1) is 16.2. The van der Waals surface area contributed by atoms with Crippen molar-refractivity contribution in [2.24, 2.45) is 4.99 Å². The Labute approximate surface area is 200 Å². The Kier molecular flexibility index (Phi) is 9.23. The molecule has 3 rings (SSSR count). The molecule has 0 amide bonds. The lowest BCUT2D eigenvalue weighted by atomic mass is 9.99. The van der Waals surface area contributed by atoms with Crippen molar-refractivity contribution >= 4 is 22.6 Å². The number of hydrogen-bond acceptors (Lipinski definition) is 13. The van der Waals surface area contributed by atoms with Gasteiger partial charge < -0.3 is 44.5 Å². The zero-order valence-electron chi connectivity index (χ0n) is 18.9. The maximum atomic E-state index is 11.8. The number of aromatic hydroxyl groups is 1. The van der Waals surface area contributed by atoms with Gasteiger partial charge in [-0.05, 0) is 13.8 Å². The largest absolute Gasteiger partial charge is 0.505 e. The van der Waals surface area contributed by atoms with Gasteiger partial charge in [0.25, 0.3) is 0 Å². The van der Waals surface area contributed by atoms with E-state index < -0.39 is 42.9 Å². The molecule has 0 bridgehead atoms. The molecule has 3 heterocycles. The van der Waals surface area contributed by atoms with Crippen molar-refractivity contribution in [3.8, 4) is 11.5 Å². The van der Waals surface area contributed by atoms with E-state index in [1.807, 2.05) is 0 Å². The van der Waals surface area contributed by atoms with E-state index in [0.29, 0.717) is 22.2 Å². The van der Waals surface area contributed by atoms with Gasteiger partial charge in [-0.2, -0.15) is 0 Å². The molecule has 190 valence electrons. The van der Waals surface area contributed by atoms with Crippen LogP contribution in [0.25, 0.3) is 0 Å². The average molecular weight is 503 g/mol. The first kappa shape index (κ1) is 26.8. The number of nitrogens with zero attached hydrogens (tertiary/aromatic N) is 2. The number of carbonyl (C=O) groups excluding carboxylic acids is 1. The number of aliphatic hydroxyl groups is 4. The van der Waals surface area contributed by atoms with Gasteiger partial charge in [-0.15, -0.1) is 11.8 Å². The molecular weight excluding hydrogens is 472 g/mol. The van der Waals surface area contributed by atoms with Crippen LogP contribution in [0.15, 0.2) is 17.3 Å². The third-order valence-corrected chi connectivity index (χ3v) is 6.76. The van der Waals surface area contributed by atoms with Crippen LogP contribution in [-0.2, 0) is 19.0 Å². The van der Waals surface area contributed by atoms with Crippen molar-refractivity contribution in [2.45, 2.75) is 50.1 Å². The zero-order chi connectivity index (χ0) is 24.9. The second kappa shape index (κ2) is 11.7. The van der Waals surface area contributed by atoms with E-state index in [0.717, 1.165) is 0 Å². The number of hydrogen-bond donors (Lipinski definition) is 5. The minimum absolute atomic E-state index is 0.0265. The lowest BCUT2D eigenvalue weighted by Gasteiger charge is -2.39. The molecule has 1 aromatic heterocycles. The summed E-state index contributed by atoms with van der Waals surface area (Å²) in [5.41, 5.74) is -0.517. The summed E-state index contributed by atoms with van der Waals surface area (Å²) in [5.74, 6) is 0.674. The quantitative estimate of drug-likeness (QED) is 0.229. The Bertz CT molecular complexity index is 885. The Balaban J connectivity index is 1.37. The van der Waals surface area contributed by atoms with Gasteiger partial charge in [-0.25, -0.2) is 4.98 Å². The van der Waals surface area contributed by atoms with Gasteiger partial charge in [0, 0.05) is 11.8 Å². The molecule has 0 aliphatic carbocycles. The van der Waals surface area contributed by atoms with Gasteiger partial charge in [0.1, 0.15) is 58.8 Å². The summed E-state index contributed by atoms with van der Waals surface area (Å²) in [6.45, 7) is 3.22. The molecule has 0 aromatic carbocycles. The van der Waals surface area contributed by atoms with Gasteiger partial charge in [-0.1, -0.05) is 0 Å². The van der Waals surface area contributed by atoms with Crippen LogP contribution >= 0.6 is 11.8 Å². The van der Waals surface area contributed by atoms with E-state index in [1.54, 1.807) is 6.92 Å². The topological polar surface area (TPSA) is 180 Å². The molecule has 2 unspecified atom stereocenters. The Morgan fingerprint density at radius 3 is 2.59 bits per heavy atom. The molecule has 2 aliphatic rings. The summed E-state index contributed by atoms with van der Waals surface area (Å²) in [7, 11) is 0. The predicted octanol–water partition coefficient (Wildman–Crippen LogP) is -1.16. The summed E-state index contributed by atoms with van der Waals surface area (Å²) in [6.07, 6.45) is -5.20. The standard InChI is InChI=1S/C21H30N2O10S/c1-11(25)21(2)10-34-19(23-21)15-13(26)7-12(8-22-15)31-5-3-30-4-6-32-20-18(29)17(28)16(27)14(9-24)33-20/h7-8,14,16-18,20,24,26-29H,3-6,9-10H2,1-2H3/t14?,16-,17?,18+,20-,21+/m0/s1. The number of aliphatic hydroxyl groups excluding tert-OH is 4. The summed E-state index contributed by atoms with van der Waals surface area (Å²) in [4.78, 5) is 20.4. The van der Waals surface area contributed by atoms with E-state index >= 15 is 0 Å². The van der Waals surface area contributed by atoms with Crippen molar-refractivity contribution in [1.82, 2.24) is 4.98 Å². The third-order valence-electron chi connectivity index (χ3n) is 5.50. The van der Waals surface area contributed by atoms with Gasteiger partial charge in [-0.3, -0.25) is 9.79 Å². The van der Waals surface area contributed by atoms with Gasteiger partial charge >= 0.3 is 0 Å². The fraction of sp³-hybridized carbons (Fsp3) is 0.667. The molecule has 1 saturated heterocycles. The molecular formula is C21H30N2O10S. The Morgan fingerprint density at radius 1 is 1.21 bits per heavy atom. The molecule has 0 radical (unpaired) electrons. The number of carbonyl (C=O) groups is 1. The molecule has 0 spiro atoms. The molecule has 5 N–H and O–H groups in total. The third kappa shape index (κ3) is 6.23. The van der Waals surface area contributed by atoms with Crippen molar-refractivity contribution in [2.75, 3.05) is 38.8 Å². The Hall–Kier alpha value is -1.84. The highest BCUT2D eigenvalue weighted by Gasteiger charge is 2.44. The smallest absolute Gasteiger partial charge is 0.186 e. The van der Waals surface area contributed by atoms with Crippen LogP contribution in [-0.4, -0.2) is 116 Å². The van der Waals surface area contributed by atoms with Gasteiger partial charge in [0.2, 0.25) is 0 Å². The summed E-state index contributed by atoms with van der Waals surface area (Å²) < 4.78 is 21.4. The minimum atomic E-state index is -1.50. The van der Waals surface area contributed by atoms with Crippen LogP contribution in [0.1, 0.15) is 19.5 Å². The van der Waals surface area contributed by atoms with Crippen molar-refractivity contribution in [3.05, 3.63) is 18.0 Å². The Morgan fingerprint density at radius 2 is 1.94 bits per heavy atom. The summed E-state index contributed by atoms with van der Waals surface area (Å²) >= 11 is 1.36. The highest BCUT2D eigenvalue weighted by Crippen LogP contribution is 2.34.